The summed E-state index contributed by atoms with van der Waals surface area (Å²) in [6.45, 7) is 2.94. The van der Waals surface area contributed by atoms with Gasteiger partial charge in [-0.2, -0.15) is 0 Å². The molecule has 172 valence electrons. The molecule has 0 amide bonds. The van der Waals surface area contributed by atoms with Crippen molar-refractivity contribution < 1.29 is 19.0 Å². The van der Waals surface area contributed by atoms with Crippen molar-refractivity contribution in [3.8, 4) is 11.5 Å². The van der Waals surface area contributed by atoms with E-state index in [0.717, 1.165) is 41.9 Å². The highest BCUT2D eigenvalue weighted by atomic mass is 35.5. The molecule has 1 aromatic heterocycles. The molecule has 1 aliphatic heterocycles. The van der Waals surface area contributed by atoms with Gasteiger partial charge in [0.2, 0.25) is 6.79 Å². The molecule has 0 spiro atoms. The summed E-state index contributed by atoms with van der Waals surface area (Å²) in [6, 6.07) is 13.5. The highest BCUT2D eigenvalue weighted by Gasteiger charge is 2.18. The van der Waals surface area contributed by atoms with Gasteiger partial charge in [-0.05, 0) is 41.8 Å². The van der Waals surface area contributed by atoms with Crippen LogP contribution in [0.25, 0.3) is 6.08 Å². The Morgan fingerprint density at radius 2 is 2.03 bits per heavy atom. The van der Waals surface area contributed by atoms with E-state index in [2.05, 4.69) is 16.5 Å². The van der Waals surface area contributed by atoms with Crippen LogP contribution in [0.2, 0.25) is 5.02 Å². The number of aryl methyl sites for hydroxylation is 1. The zero-order valence-electron chi connectivity index (χ0n) is 18.8. The van der Waals surface area contributed by atoms with Crippen LogP contribution < -0.4 is 9.47 Å². The number of benzene rings is 2. The molecule has 33 heavy (non-hydrogen) atoms. The molecule has 7 heteroatoms. The van der Waals surface area contributed by atoms with E-state index in [4.69, 9.17) is 25.8 Å². The number of carbonyl (C=O) groups excluding carboxylic acids is 1. The quantitative estimate of drug-likeness (QED) is 0.309. The van der Waals surface area contributed by atoms with E-state index in [1.165, 1.54) is 7.11 Å². The number of imidazole rings is 1. The summed E-state index contributed by atoms with van der Waals surface area (Å²) in [5.41, 5.74) is 3.29. The lowest BCUT2D eigenvalue weighted by Crippen LogP contribution is -2.11. The lowest BCUT2D eigenvalue weighted by Gasteiger charge is -2.13. The molecule has 3 aromatic rings. The number of methoxy groups -OCH3 is 1. The second-order valence-corrected chi connectivity index (χ2v) is 8.31. The first-order valence-corrected chi connectivity index (χ1v) is 11.4. The number of halogens is 1. The monoisotopic (exact) mass is 466 g/mol. The summed E-state index contributed by atoms with van der Waals surface area (Å²) in [6.07, 6.45) is 7.01. The molecule has 1 aliphatic rings. The zero-order valence-corrected chi connectivity index (χ0v) is 19.6. The first-order chi connectivity index (χ1) is 16.1. The van der Waals surface area contributed by atoms with Gasteiger partial charge in [-0.1, -0.05) is 49.2 Å². The van der Waals surface area contributed by atoms with Crippen LogP contribution in [0, 0.1) is 0 Å². The fourth-order valence-corrected chi connectivity index (χ4v) is 4.02. The fourth-order valence-electron chi connectivity index (χ4n) is 3.82. The number of aromatic nitrogens is 2. The predicted molar refractivity (Wildman–Crippen MR) is 128 cm³/mol. The van der Waals surface area contributed by atoms with E-state index in [0.29, 0.717) is 35.1 Å². The summed E-state index contributed by atoms with van der Waals surface area (Å²) >= 11 is 6.44. The predicted octanol–water partition coefficient (Wildman–Crippen LogP) is 5.46. The Hall–Kier alpha value is -3.25. The van der Waals surface area contributed by atoms with Gasteiger partial charge >= 0.3 is 5.97 Å². The van der Waals surface area contributed by atoms with Crippen molar-refractivity contribution in [3.63, 3.8) is 0 Å². The molecular formula is C26H27ClN2O4. The van der Waals surface area contributed by atoms with Crippen molar-refractivity contribution in [1.82, 2.24) is 9.55 Å². The maximum Gasteiger partial charge on any atom is 0.334 e. The Bertz CT molecular complexity index is 1170. The Labute approximate surface area is 198 Å². The van der Waals surface area contributed by atoms with Gasteiger partial charge in [0.25, 0.3) is 0 Å². The second kappa shape index (κ2) is 10.6. The second-order valence-electron chi connectivity index (χ2n) is 7.91. The van der Waals surface area contributed by atoms with E-state index >= 15 is 0 Å². The molecule has 0 fully saturated rings. The Kier molecular flexibility index (Phi) is 7.35. The average Bonchev–Trinajstić information content (AvgIpc) is 3.44. The Morgan fingerprint density at radius 3 is 2.82 bits per heavy atom. The van der Waals surface area contributed by atoms with Crippen LogP contribution in [0.3, 0.4) is 0 Å². The highest BCUT2D eigenvalue weighted by molar-refractivity contribution is 6.31. The Morgan fingerprint density at radius 1 is 1.21 bits per heavy atom. The van der Waals surface area contributed by atoms with E-state index in [-0.39, 0.29) is 12.8 Å². The number of fused-ring (bicyclic) bond motifs is 1. The number of carbonyl (C=O) groups is 1. The fraction of sp³-hybridized carbons (Fsp3) is 0.308. The molecule has 0 unspecified atom stereocenters. The molecule has 0 atom stereocenters. The number of esters is 1. The summed E-state index contributed by atoms with van der Waals surface area (Å²) in [5, 5.41) is 0.705. The van der Waals surface area contributed by atoms with Crippen molar-refractivity contribution in [2.75, 3.05) is 13.9 Å². The smallest absolute Gasteiger partial charge is 0.334 e. The van der Waals surface area contributed by atoms with E-state index < -0.39 is 0 Å². The first-order valence-electron chi connectivity index (χ1n) is 11.0. The third kappa shape index (κ3) is 5.40. The van der Waals surface area contributed by atoms with Crippen LogP contribution in [-0.4, -0.2) is 29.4 Å². The van der Waals surface area contributed by atoms with Gasteiger partial charge in [0.15, 0.2) is 11.5 Å². The van der Waals surface area contributed by atoms with Crippen molar-refractivity contribution in [3.05, 3.63) is 81.9 Å². The van der Waals surface area contributed by atoms with Crippen LogP contribution in [0.1, 0.15) is 42.4 Å². The maximum absolute atomic E-state index is 12.7. The van der Waals surface area contributed by atoms with Gasteiger partial charge in [-0.3, -0.25) is 0 Å². The third-order valence-electron chi connectivity index (χ3n) is 5.61. The minimum atomic E-state index is -0.381. The van der Waals surface area contributed by atoms with E-state index in [1.807, 2.05) is 54.7 Å². The maximum atomic E-state index is 12.7. The first kappa shape index (κ1) is 22.9. The van der Waals surface area contributed by atoms with Crippen LogP contribution in [0.4, 0.5) is 0 Å². The minimum absolute atomic E-state index is 0.209. The highest BCUT2D eigenvalue weighted by Crippen LogP contribution is 2.33. The number of rotatable bonds is 9. The standard InChI is InChI=1S/C26H27ClN2O4/c1-3-4-9-25-28-15-21(29(25)16-19-7-5-6-8-22(19)27)14-20(26(30)31-2)12-18-10-11-23-24(13-18)33-17-32-23/h5-8,10-11,13-15H,3-4,9,12,16-17H2,1-2H3/b20-14+. The topological polar surface area (TPSA) is 62.6 Å². The van der Waals surface area contributed by atoms with Crippen LogP contribution in [0.15, 0.2) is 54.2 Å². The number of ether oxygens (including phenoxy) is 3. The van der Waals surface area contributed by atoms with Gasteiger partial charge in [-0.15, -0.1) is 0 Å². The molecule has 2 heterocycles. The molecule has 0 radical (unpaired) electrons. The van der Waals surface area contributed by atoms with E-state index in [1.54, 1.807) is 0 Å². The molecule has 0 N–H and O–H groups in total. The minimum Gasteiger partial charge on any atom is -0.466 e. The number of hydrogen-bond donors (Lipinski definition) is 0. The van der Waals surface area contributed by atoms with E-state index in [9.17, 15) is 4.79 Å². The summed E-state index contributed by atoms with van der Waals surface area (Å²) < 4.78 is 18.1. The lowest BCUT2D eigenvalue weighted by molar-refractivity contribution is -0.136. The van der Waals surface area contributed by atoms with Crippen molar-refractivity contribution in [1.29, 1.82) is 0 Å². The largest absolute Gasteiger partial charge is 0.466 e. The Balaban J connectivity index is 1.69. The molecule has 0 bridgehead atoms. The summed E-state index contributed by atoms with van der Waals surface area (Å²) in [4.78, 5) is 17.3. The molecule has 4 rings (SSSR count). The zero-order chi connectivity index (χ0) is 23.2. The molecule has 2 aromatic carbocycles. The molecule has 0 saturated heterocycles. The van der Waals surface area contributed by atoms with Gasteiger partial charge < -0.3 is 18.8 Å². The van der Waals surface area contributed by atoms with Gasteiger partial charge in [0, 0.05) is 23.4 Å². The molecular weight excluding hydrogens is 440 g/mol. The molecule has 0 aliphatic carbocycles. The third-order valence-corrected chi connectivity index (χ3v) is 5.98. The summed E-state index contributed by atoms with van der Waals surface area (Å²) in [5.74, 6) is 1.98. The van der Waals surface area contributed by atoms with Crippen LogP contribution >= 0.6 is 11.6 Å². The van der Waals surface area contributed by atoms with Crippen molar-refractivity contribution in [2.45, 2.75) is 39.2 Å². The average molecular weight is 467 g/mol. The van der Waals surface area contributed by atoms with Gasteiger partial charge in [0.1, 0.15) is 5.82 Å². The van der Waals surface area contributed by atoms with Crippen LogP contribution in [-0.2, 0) is 28.9 Å². The van der Waals surface area contributed by atoms with Crippen LogP contribution in [0.5, 0.6) is 11.5 Å². The van der Waals surface area contributed by atoms with Crippen molar-refractivity contribution in [2.24, 2.45) is 0 Å². The van der Waals surface area contributed by atoms with Crippen molar-refractivity contribution >= 4 is 23.6 Å². The number of unbranched alkanes of at least 4 members (excludes halogenated alkanes) is 1. The van der Waals surface area contributed by atoms with Gasteiger partial charge in [0.05, 0.1) is 25.5 Å². The summed E-state index contributed by atoms with van der Waals surface area (Å²) in [7, 11) is 1.39. The van der Waals surface area contributed by atoms with Gasteiger partial charge in [-0.25, -0.2) is 9.78 Å². The molecule has 0 saturated carbocycles. The number of nitrogens with zero attached hydrogens (tertiary/aromatic N) is 2. The SMILES string of the molecule is CCCCc1ncc(/C=C(\Cc2ccc3c(c2)OCO3)C(=O)OC)n1Cc1ccccc1Cl. The normalized spacial score (nSPS) is 12.8. The molecule has 6 nitrogen and oxygen atoms in total. The lowest BCUT2D eigenvalue weighted by atomic mass is 10.0. The number of hydrogen-bond acceptors (Lipinski definition) is 5.